The number of nitrogen functional groups attached to an aromatic ring is 1. The maximum atomic E-state index is 13.0. The van der Waals surface area contributed by atoms with Crippen LogP contribution in [0.2, 0.25) is 0 Å². The highest BCUT2D eigenvalue weighted by Gasteiger charge is 2.23. The third kappa shape index (κ3) is 2.74. The lowest BCUT2D eigenvalue weighted by atomic mass is 10.2. The number of ether oxygens (including phenoxy) is 1. The number of rotatable bonds is 3. The number of hydrogen-bond acceptors (Lipinski definition) is 6. The van der Waals surface area contributed by atoms with E-state index in [0.717, 1.165) is 18.7 Å². The number of nitrogens with two attached hydrogens (primary N) is 1. The summed E-state index contributed by atoms with van der Waals surface area (Å²) in [5.41, 5.74) is 7.94. The maximum absolute atomic E-state index is 13.0. The van der Waals surface area contributed by atoms with Crippen LogP contribution >= 0.6 is 0 Å². The number of morpholine rings is 1. The van der Waals surface area contributed by atoms with E-state index >= 15 is 0 Å². The van der Waals surface area contributed by atoms with Gasteiger partial charge in [0.25, 0.3) is 5.56 Å². The number of benzene rings is 1. The van der Waals surface area contributed by atoms with Crippen LogP contribution in [-0.4, -0.2) is 45.6 Å². The van der Waals surface area contributed by atoms with Gasteiger partial charge >= 0.3 is 0 Å². The second kappa shape index (κ2) is 6.21. The first-order valence-electron chi connectivity index (χ1n) is 8.25. The summed E-state index contributed by atoms with van der Waals surface area (Å²) in [4.78, 5) is 19.6. The molecular weight excluding hydrogens is 320 g/mol. The quantitative estimate of drug-likeness (QED) is 0.751. The van der Waals surface area contributed by atoms with Crippen molar-refractivity contribution < 1.29 is 4.74 Å². The first-order valence-corrected chi connectivity index (χ1v) is 8.25. The van der Waals surface area contributed by atoms with Crippen molar-refractivity contribution in [2.75, 3.05) is 36.9 Å². The monoisotopic (exact) mass is 340 g/mol. The number of fused-ring (bicyclic) bond motifs is 1. The van der Waals surface area contributed by atoms with Gasteiger partial charge in [-0.05, 0) is 5.56 Å². The molecule has 0 atom stereocenters. The van der Waals surface area contributed by atoms with Crippen molar-refractivity contribution in [1.82, 2.24) is 19.3 Å². The van der Waals surface area contributed by atoms with Gasteiger partial charge in [0.05, 0.1) is 19.8 Å². The molecule has 3 heterocycles. The zero-order chi connectivity index (χ0) is 17.4. The first-order chi connectivity index (χ1) is 12.1. The molecule has 0 unspecified atom stereocenters. The Labute approximate surface area is 144 Å². The van der Waals surface area contributed by atoms with E-state index in [0.29, 0.717) is 36.6 Å². The fourth-order valence-electron chi connectivity index (χ4n) is 3.16. The average molecular weight is 340 g/mol. The predicted octanol–water partition coefficient (Wildman–Crippen LogP) is 0.597. The summed E-state index contributed by atoms with van der Waals surface area (Å²) in [6.45, 7) is 3.10. The molecule has 25 heavy (non-hydrogen) atoms. The minimum absolute atomic E-state index is 0.180. The Morgan fingerprint density at radius 1 is 1.20 bits per heavy atom. The molecule has 4 rings (SSSR count). The molecule has 8 heteroatoms. The number of anilines is 2. The van der Waals surface area contributed by atoms with Crippen LogP contribution in [0.5, 0.6) is 0 Å². The van der Waals surface area contributed by atoms with E-state index in [2.05, 4.69) is 15.0 Å². The molecule has 3 aromatic rings. The molecule has 0 bridgehead atoms. The van der Waals surface area contributed by atoms with E-state index in [4.69, 9.17) is 10.5 Å². The Bertz CT molecular complexity index is 957. The zero-order valence-electron chi connectivity index (χ0n) is 14.1. The molecule has 0 aliphatic carbocycles. The van der Waals surface area contributed by atoms with Crippen LogP contribution in [0.15, 0.2) is 35.1 Å². The maximum Gasteiger partial charge on any atom is 0.281 e. The van der Waals surface area contributed by atoms with Crippen LogP contribution in [0.3, 0.4) is 0 Å². The summed E-state index contributed by atoms with van der Waals surface area (Å²) in [6, 6.07) is 9.72. The molecule has 0 amide bonds. The van der Waals surface area contributed by atoms with Crippen molar-refractivity contribution in [2.24, 2.45) is 7.05 Å². The summed E-state index contributed by atoms with van der Waals surface area (Å²) >= 11 is 0. The van der Waals surface area contributed by atoms with Gasteiger partial charge in [-0.25, -0.2) is 4.98 Å². The fourth-order valence-corrected chi connectivity index (χ4v) is 3.16. The largest absolute Gasteiger partial charge is 0.378 e. The summed E-state index contributed by atoms with van der Waals surface area (Å²) in [5.74, 6) is 0.889. The van der Waals surface area contributed by atoms with Gasteiger partial charge in [-0.2, -0.15) is 5.10 Å². The van der Waals surface area contributed by atoms with E-state index in [-0.39, 0.29) is 11.5 Å². The number of aromatic nitrogens is 4. The van der Waals surface area contributed by atoms with Crippen molar-refractivity contribution in [3.05, 3.63) is 46.2 Å². The molecule has 2 aromatic heterocycles. The van der Waals surface area contributed by atoms with Crippen LogP contribution in [0.25, 0.3) is 11.0 Å². The normalized spacial score (nSPS) is 15.0. The van der Waals surface area contributed by atoms with E-state index in [1.807, 2.05) is 30.3 Å². The summed E-state index contributed by atoms with van der Waals surface area (Å²) in [7, 11) is 1.76. The van der Waals surface area contributed by atoms with Gasteiger partial charge in [0, 0.05) is 20.1 Å². The SMILES string of the molecule is Cn1nc(N2CCOCC2)c2nc(N)n(Cc3ccccc3)c(=O)c21. The van der Waals surface area contributed by atoms with Crippen LogP contribution in [0.1, 0.15) is 5.56 Å². The lowest BCUT2D eigenvalue weighted by molar-refractivity contribution is 0.122. The molecule has 2 N–H and O–H groups in total. The number of hydrogen-bond donors (Lipinski definition) is 1. The third-order valence-electron chi connectivity index (χ3n) is 4.45. The highest BCUT2D eigenvalue weighted by Crippen LogP contribution is 2.23. The standard InChI is InChI=1S/C17H20N6O2/c1-21-14-13(15(20-21)22-7-9-25-10-8-22)19-17(18)23(16(14)24)11-12-5-3-2-4-6-12/h2-6H,7-11H2,1H3,(H2,18,19). The Balaban J connectivity index is 1.83. The molecule has 0 spiro atoms. The van der Waals surface area contributed by atoms with Gasteiger partial charge in [-0.15, -0.1) is 0 Å². The van der Waals surface area contributed by atoms with Crippen molar-refractivity contribution >= 4 is 22.8 Å². The highest BCUT2D eigenvalue weighted by atomic mass is 16.5. The minimum atomic E-state index is -0.180. The van der Waals surface area contributed by atoms with Crippen molar-refractivity contribution in [2.45, 2.75) is 6.54 Å². The third-order valence-corrected chi connectivity index (χ3v) is 4.45. The lowest BCUT2D eigenvalue weighted by Crippen LogP contribution is -2.36. The number of aryl methyl sites for hydroxylation is 1. The van der Waals surface area contributed by atoms with Gasteiger partial charge in [0.1, 0.15) is 5.52 Å². The van der Waals surface area contributed by atoms with Gasteiger partial charge in [-0.1, -0.05) is 30.3 Å². The molecule has 0 saturated carbocycles. The van der Waals surface area contributed by atoms with E-state index in [9.17, 15) is 4.79 Å². The smallest absolute Gasteiger partial charge is 0.281 e. The van der Waals surface area contributed by atoms with Crippen LogP contribution in [0, 0.1) is 0 Å². The van der Waals surface area contributed by atoms with E-state index in [1.165, 1.54) is 4.57 Å². The summed E-state index contributed by atoms with van der Waals surface area (Å²) in [6.07, 6.45) is 0. The second-order valence-corrected chi connectivity index (χ2v) is 6.09. The Morgan fingerprint density at radius 2 is 1.92 bits per heavy atom. The molecule has 1 aliphatic rings. The molecule has 130 valence electrons. The molecule has 8 nitrogen and oxygen atoms in total. The first kappa shape index (κ1) is 15.6. The summed E-state index contributed by atoms with van der Waals surface area (Å²) < 4.78 is 8.47. The minimum Gasteiger partial charge on any atom is -0.378 e. The fraction of sp³-hybridized carbons (Fsp3) is 0.353. The van der Waals surface area contributed by atoms with Crippen molar-refractivity contribution in [3.8, 4) is 0 Å². The Morgan fingerprint density at radius 3 is 2.64 bits per heavy atom. The molecular formula is C17H20N6O2. The second-order valence-electron chi connectivity index (χ2n) is 6.09. The van der Waals surface area contributed by atoms with Crippen LogP contribution in [0.4, 0.5) is 11.8 Å². The number of nitrogens with zero attached hydrogens (tertiary/aromatic N) is 5. The molecule has 0 radical (unpaired) electrons. The van der Waals surface area contributed by atoms with Gasteiger partial charge in [0.15, 0.2) is 11.3 Å². The Hall–Kier alpha value is -2.87. The van der Waals surface area contributed by atoms with Gasteiger partial charge in [0.2, 0.25) is 5.95 Å². The van der Waals surface area contributed by atoms with Crippen LogP contribution in [-0.2, 0) is 18.3 Å². The van der Waals surface area contributed by atoms with E-state index < -0.39 is 0 Å². The average Bonchev–Trinajstić information content (AvgIpc) is 2.96. The molecule has 1 saturated heterocycles. The van der Waals surface area contributed by atoms with Gasteiger partial charge in [-0.3, -0.25) is 14.0 Å². The topological polar surface area (TPSA) is 91.2 Å². The molecule has 1 aliphatic heterocycles. The Kier molecular flexibility index (Phi) is 3.89. The highest BCUT2D eigenvalue weighted by molar-refractivity contribution is 5.87. The lowest BCUT2D eigenvalue weighted by Gasteiger charge is -2.26. The molecule has 1 fully saturated rings. The van der Waals surface area contributed by atoms with Gasteiger partial charge < -0.3 is 15.4 Å². The predicted molar refractivity (Wildman–Crippen MR) is 95.8 cm³/mol. The van der Waals surface area contributed by atoms with Crippen LogP contribution < -0.4 is 16.2 Å². The molecule has 1 aromatic carbocycles. The summed E-state index contributed by atoms with van der Waals surface area (Å²) in [5, 5.41) is 4.52. The van der Waals surface area contributed by atoms with Crippen molar-refractivity contribution in [3.63, 3.8) is 0 Å². The van der Waals surface area contributed by atoms with E-state index in [1.54, 1.807) is 11.7 Å². The zero-order valence-corrected chi connectivity index (χ0v) is 14.1. The van der Waals surface area contributed by atoms with Crippen molar-refractivity contribution in [1.29, 1.82) is 0 Å².